The molecule has 0 amide bonds. The highest BCUT2D eigenvalue weighted by molar-refractivity contribution is 9.10. The largest absolute Gasteiger partial charge is 0.338 e. The van der Waals surface area contributed by atoms with Crippen LogP contribution in [0.5, 0.6) is 0 Å². The molecule has 0 atom stereocenters. The summed E-state index contributed by atoms with van der Waals surface area (Å²) in [5.74, 6) is 0.0282. The topological polar surface area (TPSA) is 20.3 Å². The fourth-order valence-corrected chi connectivity index (χ4v) is 3.43. The van der Waals surface area contributed by atoms with Gasteiger partial charge in [0, 0.05) is 28.6 Å². The first-order valence-corrected chi connectivity index (χ1v) is 8.50. The average molecular weight is 372 g/mol. The van der Waals surface area contributed by atoms with Crippen molar-refractivity contribution in [3.8, 4) is 0 Å². The highest BCUT2D eigenvalue weighted by Crippen LogP contribution is 2.38. The van der Waals surface area contributed by atoms with E-state index in [4.69, 9.17) is 0 Å². The Labute approximate surface area is 142 Å². The molecule has 0 aliphatic carbocycles. The van der Waals surface area contributed by atoms with Crippen molar-refractivity contribution in [1.29, 1.82) is 0 Å². The summed E-state index contributed by atoms with van der Waals surface area (Å²) < 4.78 is 1.06. The third-order valence-electron chi connectivity index (χ3n) is 3.44. The maximum atomic E-state index is 12.3. The molecule has 0 spiro atoms. The molecule has 0 N–H and O–H groups in total. The summed E-state index contributed by atoms with van der Waals surface area (Å²) in [5, 5.41) is 3.01. The molecule has 2 aromatic carbocycles. The predicted octanol–water partition coefficient (Wildman–Crippen LogP) is 5.15. The van der Waals surface area contributed by atoms with E-state index in [2.05, 4.69) is 38.4 Å². The van der Waals surface area contributed by atoms with Crippen molar-refractivity contribution < 1.29 is 4.79 Å². The first-order chi connectivity index (χ1) is 10.6. The smallest absolute Gasteiger partial charge is 0.188 e. The van der Waals surface area contributed by atoms with E-state index in [0.717, 1.165) is 20.8 Å². The molecule has 1 aliphatic rings. The van der Waals surface area contributed by atoms with Gasteiger partial charge in [0.25, 0.3) is 0 Å². The zero-order valence-corrected chi connectivity index (χ0v) is 14.4. The van der Waals surface area contributed by atoms with Crippen LogP contribution in [0.15, 0.2) is 75.6 Å². The Morgan fingerprint density at radius 2 is 1.77 bits per heavy atom. The van der Waals surface area contributed by atoms with Gasteiger partial charge in [-0.3, -0.25) is 4.79 Å². The van der Waals surface area contributed by atoms with Crippen LogP contribution in [-0.4, -0.2) is 17.7 Å². The van der Waals surface area contributed by atoms with Crippen LogP contribution in [-0.2, 0) is 0 Å². The summed E-state index contributed by atoms with van der Waals surface area (Å²) in [6.45, 7) is 0. The summed E-state index contributed by atoms with van der Waals surface area (Å²) in [5.41, 5.74) is 2.94. The van der Waals surface area contributed by atoms with Crippen LogP contribution in [0.4, 0.5) is 0 Å². The van der Waals surface area contributed by atoms with Gasteiger partial charge in [-0.25, -0.2) is 0 Å². The first-order valence-electron chi connectivity index (χ1n) is 6.83. The molecular formula is C18H14BrNOS. The van der Waals surface area contributed by atoms with E-state index >= 15 is 0 Å². The Kier molecular flexibility index (Phi) is 4.50. The summed E-state index contributed by atoms with van der Waals surface area (Å²) in [6.07, 6.45) is 1.70. The molecule has 1 heterocycles. The van der Waals surface area contributed by atoms with Crippen LogP contribution in [0.1, 0.15) is 15.9 Å². The van der Waals surface area contributed by atoms with Crippen molar-refractivity contribution in [2.45, 2.75) is 0 Å². The van der Waals surface area contributed by atoms with Crippen molar-refractivity contribution in [3.05, 3.63) is 86.7 Å². The van der Waals surface area contributed by atoms with Gasteiger partial charge in [-0.1, -0.05) is 70.2 Å². The van der Waals surface area contributed by atoms with Crippen molar-refractivity contribution >= 4 is 39.2 Å². The molecule has 0 radical (unpaired) electrons. The van der Waals surface area contributed by atoms with Gasteiger partial charge >= 0.3 is 0 Å². The number of nitrogens with zero attached hydrogens (tertiary/aromatic N) is 1. The van der Waals surface area contributed by atoms with Gasteiger partial charge < -0.3 is 4.90 Å². The quantitative estimate of drug-likeness (QED) is 0.549. The van der Waals surface area contributed by atoms with E-state index in [0.29, 0.717) is 5.56 Å². The SMILES string of the molecule is CN1C(=CC(=O)c2ccccc2)SC=C1c1ccc(Br)cc1. The second kappa shape index (κ2) is 6.55. The van der Waals surface area contributed by atoms with Gasteiger partial charge in [-0.2, -0.15) is 0 Å². The predicted molar refractivity (Wildman–Crippen MR) is 96.3 cm³/mol. The Morgan fingerprint density at radius 3 is 2.45 bits per heavy atom. The molecule has 0 saturated heterocycles. The second-order valence-corrected chi connectivity index (χ2v) is 6.71. The Hall–Kier alpha value is -1.78. The van der Waals surface area contributed by atoms with Crippen LogP contribution < -0.4 is 0 Å². The van der Waals surface area contributed by atoms with Crippen LogP contribution >= 0.6 is 27.7 Å². The molecule has 0 bridgehead atoms. The number of ketones is 1. The molecule has 0 aromatic heterocycles. The van der Waals surface area contributed by atoms with E-state index < -0.39 is 0 Å². The number of benzene rings is 2. The molecule has 110 valence electrons. The minimum absolute atomic E-state index is 0.0282. The highest BCUT2D eigenvalue weighted by atomic mass is 79.9. The zero-order chi connectivity index (χ0) is 15.5. The second-order valence-electron chi connectivity index (χ2n) is 4.90. The fourth-order valence-electron chi connectivity index (χ4n) is 2.20. The van der Waals surface area contributed by atoms with E-state index in [1.54, 1.807) is 17.8 Å². The van der Waals surface area contributed by atoms with Crippen LogP contribution in [0, 0.1) is 0 Å². The maximum Gasteiger partial charge on any atom is 0.188 e. The highest BCUT2D eigenvalue weighted by Gasteiger charge is 2.20. The lowest BCUT2D eigenvalue weighted by molar-refractivity contribution is 0.104. The number of thioether (sulfide) groups is 1. The summed E-state index contributed by atoms with van der Waals surface area (Å²) in [4.78, 5) is 14.3. The fraction of sp³-hybridized carbons (Fsp3) is 0.0556. The first kappa shape index (κ1) is 15.1. The lowest BCUT2D eigenvalue weighted by Crippen LogP contribution is -2.11. The zero-order valence-electron chi connectivity index (χ0n) is 12.0. The number of allylic oxidation sites excluding steroid dienone is 1. The molecule has 4 heteroatoms. The van der Waals surface area contributed by atoms with Crippen LogP contribution in [0.2, 0.25) is 0 Å². The Morgan fingerprint density at radius 1 is 1.09 bits per heavy atom. The number of carbonyl (C=O) groups excluding carboxylic acids is 1. The number of hydrogen-bond acceptors (Lipinski definition) is 3. The summed E-state index contributed by atoms with van der Waals surface area (Å²) in [6, 6.07) is 17.5. The molecule has 2 aromatic rings. The molecule has 1 aliphatic heterocycles. The molecule has 3 rings (SSSR count). The van der Waals surface area contributed by atoms with Gasteiger partial charge in [0.1, 0.15) is 0 Å². The molecular weight excluding hydrogens is 358 g/mol. The molecule has 0 unspecified atom stereocenters. The summed E-state index contributed by atoms with van der Waals surface area (Å²) in [7, 11) is 1.98. The van der Waals surface area contributed by atoms with Crippen LogP contribution in [0.25, 0.3) is 5.70 Å². The number of rotatable bonds is 3. The number of carbonyl (C=O) groups is 1. The van der Waals surface area contributed by atoms with Gasteiger partial charge in [0.15, 0.2) is 5.78 Å². The van der Waals surface area contributed by atoms with Crippen molar-refractivity contribution in [2.24, 2.45) is 0 Å². The van der Waals surface area contributed by atoms with Gasteiger partial charge in [-0.05, 0) is 17.7 Å². The Bertz CT molecular complexity index is 750. The molecule has 0 saturated carbocycles. The van der Waals surface area contributed by atoms with Crippen molar-refractivity contribution in [3.63, 3.8) is 0 Å². The number of halogens is 1. The molecule has 22 heavy (non-hydrogen) atoms. The minimum atomic E-state index is 0.0282. The lowest BCUT2D eigenvalue weighted by atomic mass is 10.1. The van der Waals surface area contributed by atoms with Crippen molar-refractivity contribution in [2.75, 3.05) is 7.05 Å². The third-order valence-corrected chi connectivity index (χ3v) is 4.94. The molecule has 0 fully saturated rings. The van der Waals surface area contributed by atoms with Gasteiger partial charge in [-0.15, -0.1) is 0 Å². The van der Waals surface area contributed by atoms with E-state index in [9.17, 15) is 4.79 Å². The monoisotopic (exact) mass is 371 g/mol. The van der Waals surface area contributed by atoms with E-state index in [1.165, 1.54) is 0 Å². The van der Waals surface area contributed by atoms with Crippen LogP contribution in [0.3, 0.4) is 0 Å². The molecule has 2 nitrogen and oxygen atoms in total. The lowest BCUT2D eigenvalue weighted by Gasteiger charge is -2.17. The number of hydrogen-bond donors (Lipinski definition) is 0. The summed E-state index contributed by atoms with van der Waals surface area (Å²) >= 11 is 5.02. The van der Waals surface area contributed by atoms with Crippen molar-refractivity contribution in [1.82, 2.24) is 4.90 Å². The van der Waals surface area contributed by atoms with Gasteiger partial charge in [0.05, 0.1) is 10.7 Å². The van der Waals surface area contributed by atoms with E-state index in [1.807, 2.05) is 49.5 Å². The average Bonchev–Trinajstić information content (AvgIpc) is 2.90. The normalized spacial score (nSPS) is 16.0. The maximum absolute atomic E-state index is 12.3. The van der Waals surface area contributed by atoms with E-state index in [-0.39, 0.29) is 5.78 Å². The Balaban J connectivity index is 1.80. The minimum Gasteiger partial charge on any atom is -0.338 e. The standard InChI is InChI=1S/C18H14BrNOS/c1-20-16(13-7-9-15(19)10-8-13)12-22-18(20)11-17(21)14-5-3-2-4-6-14/h2-12H,1H3. The van der Waals surface area contributed by atoms with Gasteiger partial charge in [0.2, 0.25) is 0 Å². The third kappa shape index (κ3) is 3.18.